The monoisotopic (exact) mass is 170 g/mol. The normalized spacial score (nSPS) is 33.2. The first-order valence-electron chi connectivity index (χ1n) is 5.35. The molecule has 0 aromatic rings. The van der Waals surface area contributed by atoms with Gasteiger partial charge >= 0.3 is 0 Å². The third kappa shape index (κ3) is 2.78. The Hall–Kier alpha value is -0.0400. The molecule has 0 amide bonds. The van der Waals surface area contributed by atoms with Gasteiger partial charge in [0.1, 0.15) is 0 Å². The Bertz CT molecular complexity index is 114. The van der Waals surface area contributed by atoms with Crippen LogP contribution < -0.4 is 0 Å². The second kappa shape index (κ2) is 4.86. The number of rotatable bonds is 3. The standard InChI is InChI=1S/C11H22O/c1-4-5-9(2)11-7-6-10(3)12-8-11/h9-11H,4-8H2,1-3H3. The minimum Gasteiger partial charge on any atom is -0.378 e. The molecule has 0 aliphatic carbocycles. The molecule has 1 heteroatoms. The summed E-state index contributed by atoms with van der Waals surface area (Å²) in [5.74, 6) is 1.70. The Kier molecular flexibility index (Phi) is 4.07. The van der Waals surface area contributed by atoms with E-state index in [1.54, 1.807) is 0 Å². The van der Waals surface area contributed by atoms with Crippen LogP contribution in [0.4, 0.5) is 0 Å². The predicted octanol–water partition coefficient (Wildman–Crippen LogP) is 3.24. The highest BCUT2D eigenvalue weighted by Crippen LogP contribution is 2.27. The summed E-state index contributed by atoms with van der Waals surface area (Å²) in [5, 5.41) is 0. The van der Waals surface area contributed by atoms with Gasteiger partial charge in [0.15, 0.2) is 0 Å². The molecule has 0 radical (unpaired) electrons. The van der Waals surface area contributed by atoms with Crippen LogP contribution in [0.3, 0.4) is 0 Å². The maximum atomic E-state index is 5.66. The van der Waals surface area contributed by atoms with E-state index in [-0.39, 0.29) is 0 Å². The van der Waals surface area contributed by atoms with Gasteiger partial charge in [0.05, 0.1) is 6.10 Å². The first-order chi connectivity index (χ1) is 5.74. The minimum absolute atomic E-state index is 0.509. The molecule has 0 bridgehead atoms. The molecule has 3 atom stereocenters. The zero-order valence-electron chi connectivity index (χ0n) is 8.68. The molecule has 0 aromatic carbocycles. The van der Waals surface area contributed by atoms with Crippen molar-refractivity contribution in [2.45, 2.75) is 52.6 Å². The summed E-state index contributed by atoms with van der Waals surface area (Å²) >= 11 is 0. The zero-order chi connectivity index (χ0) is 8.97. The molecule has 0 aromatic heterocycles. The molecule has 0 N–H and O–H groups in total. The highest BCUT2D eigenvalue weighted by Gasteiger charge is 2.22. The molecule has 12 heavy (non-hydrogen) atoms. The van der Waals surface area contributed by atoms with Gasteiger partial charge in [-0.15, -0.1) is 0 Å². The molecule has 3 unspecified atom stereocenters. The average Bonchev–Trinajstić information content (AvgIpc) is 2.06. The van der Waals surface area contributed by atoms with Crippen LogP contribution in [0.2, 0.25) is 0 Å². The van der Waals surface area contributed by atoms with E-state index in [1.807, 2.05) is 0 Å². The smallest absolute Gasteiger partial charge is 0.0547 e. The molecule has 72 valence electrons. The van der Waals surface area contributed by atoms with E-state index < -0.39 is 0 Å². The minimum atomic E-state index is 0.509. The summed E-state index contributed by atoms with van der Waals surface area (Å²) < 4.78 is 5.66. The fourth-order valence-electron chi connectivity index (χ4n) is 2.04. The van der Waals surface area contributed by atoms with E-state index in [0.29, 0.717) is 6.10 Å². The van der Waals surface area contributed by atoms with Crippen molar-refractivity contribution in [3.63, 3.8) is 0 Å². The van der Waals surface area contributed by atoms with Crippen molar-refractivity contribution in [1.82, 2.24) is 0 Å². The summed E-state index contributed by atoms with van der Waals surface area (Å²) in [4.78, 5) is 0. The Morgan fingerprint density at radius 1 is 1.42 bits per heavy atom. The quantitative estimate of drug-likeness (QED) is 0.632. The van der Waals surface area contributed by atoms with Gasteiger partial charge in [-0.2, -0.15) is 0 Å². The van der Waals surface area contributed by atoms with Gasteiger partial charge in [0.2, 0.25) is 0 Å². The second-order valence-electron chi connectivity index (χ2n) is 4.25. The van der Waals surface area contributed by atoms with Crippen molar-refractivity contribution in [2.75, 3.05) is 6.61 Å². The van der Waals surface area contributed by atoms with Gasteiger partial charge in [-0.3, -0.25) is 0 Å². The summed E-state index contributed by atoms with van der Waals surface area (Å²) in [7, 11) is 0. The Balaban J connectivity index is 2.24. The maximum absolute atomic E-state index is 5.66. The lowest BCUT2D eigenvalue weighted by Gasteiger charge is -2.30. The molecule has 1 nitrogen and oxygen atoms in total. The second-order valence-corrected chi connectivity index (χ2v) is 4.25. The Morgan fingerprint density at radius 2 is 2.17 bits per heavy atom. The fraction of sp³-hybridized carbons (Fsp3) is 1.00. The Morgan fingerprint density at radius 3 is 2.67 bits per heavy atom. The van der Waals surface area contributed by atoms with Crippen LogP contribution >= 0.6 is 0 Å². The lowest BCUT2D eigenvalue weighted by Crippen LogP contribution is -2.27. The van der Waals surface area contributed by atoms with Crippen LogP contribution in [0.1, 0.15) is 46.5 Å². The lowest BCUT2D eigenvalue weighted by atomic mass is 9.85. The Labute approximate surface area is 76.5 Å². The molecule has 1 fully saturated rings. The molecule has 1 aliphatic heterocycles. The van der Waals surface area contributed by atoms with Crippen molar-refractivity contribution in [1.29, 1.82) is 0 Å². The van der Waals surface area contributed by atoms with Crippen molar-refractivity contribution in [2.24, 2.45) is 11.8 Å². The maximum Gasteiger partial charge on any atom is 0.0547 e. The number of ether oxygens (including phenoxy) is 1. The van der Waals surface area contributed by atoms with Gasteiger partial charge in [-0.05, 0) is 31.6 Å². The lowest BCUT2D eigenvalue weighted by molar-refractivity contribution is -0.0210. The summed E-state index contributed by atoms with van der Waals surface area (Å²) in [5.41, 5.74) is 0. The first kappa shape index (κ1) is 10.0. The average molecular weight is 170 g/mol. The van der Waals surface area contributed by atoms with E-state index in [4.69, 9.17) is 4.74 Å². The summed E-state index contributed by atoms with van der Waals surface area (Å²) in [6, 6.07) is 0. The third-order valence-electron chi connectivity index (χ3n) is 3.09. The largest absolute Gasteiger partial charge is 0.378 e. The highest BCUT2D eigenvalue weighted by molar-refractivity contribution is 4.72. The first-order valence-corrected chi connectivity index (χ1v) is 5.35. The van der Waals surface area contributed by atoms with Crippen LogP contribution in [-0.4, -0.2) is 12.7 Å². The molecular formula is C11H22O. The third-order valence-corrected chi connectivity index (χ3v) is 3.09. The molecule has 0 spiro atoms. The van der Waals surface area contributed by atoms with Crippen molar-refractivity contribution in [3.8, 4) is 0 Å². The fourth-order valence-corrected chi connectivity index (χ4v) is 2.04. The van der Waals surface area contributed by atoms with Crippen LogP contribution in [0.25, 0.3) is 0 Å². The van der Waals surface area contributed by atoms with Gasteiger partial charge < -0.3 is 4.74 Å². The molecule has 1 saturated heterocycles. The van der Waals surface area contributed by atoms with Gasteiger partial charge in [-0.25, -0.2) is 0 Å². The van der Waals surface area contributed by atoms with E-state index in [9.17, 15) is 0 Å². The van der Waals surface area contributed by atoms with Crippen LogP contribution in [0.5, 0.6) is 0 Å². The molecule has 1 aliphatic rings. The SMILES string of the molecule is CCCC(C)C1CCC(C)OC1. The molecule has 1 heterocycles. The van der Waals surface area contributed by atoms with Crippen LogP contribution in [-0.2, 0) is 4.74 Å². The number of hydrogen-bond acceptors (Lipinski definition) is 1. The highest BCUT2D eigenvalue weighted by atomic mass is 16.5. The van der Waals surface area contributed by atoms with Crippen molar-refractivity contribution < 1.29 is 4.74 Å². The van der Waals surface area contributed by atoms with Crippen LogP contribution in [0.15, 0.2) is 0 Å². The van der Waals surface area contributed by atoms with E-state index >= 15 is 0 Å². The van der Waals surface area contributed by atoms with Crippen molar-refractivity contribution in [3.05, 3.63) is 0 Å². The predicted molar refractivity (Wildman–Crippen MR) is 52.2 cm³/mol. The summed E-state index contributed by atoms with van der Waals surface area (Å²) in [6.07, 6.45) is 5.83. The van der Waals surface area contributed by atoms with E-state index in [2.05, 4.69) is 20.8 Å². The molecular weight excluding hydrogens is 148 g/mol. The van der Waals surface area contributed by atoms with Gasteiger partial charge in [0.25, 0.3) is 0 Å². The number of hydrogen-bond donors (Lipinski definition) is 0. The van der Waals surface area contributed by atoms with Crippen LogP contribution in [0, 0.1) is 11.8 Å². The summed E-state index contributed by atoms with van der Waals surface area (Å²) in [6.45, 7) is 7.82. The molecule has 1 rings (SSSR count). The zero-order valence-corrected chi connectivity index (χ0v) is 8.68. The topological polar surface area (TPSA) is 9.23 Å². The van der Waals surface area contributed by atoms with Gasteiger partial charge in [0, 0.05) is 6.61 Å². The van der Waals surface area contributed by atoms with Gasteiger partial charge in [-0.1, -0.05) is 26.7 Å². The van der Waals surface area contributed by atoms with Crippen molar-refractivity contribution >= 4 is 0 Å². The molecule has 0 saturated carbocycles. The van der Waals surface area contributed by atoms with E-state index in [0.717, 1.165) is 18.4 Å². The van der Waals surface area contributed by atoms with E-state index in [1.165, 1.54) is 25.7 Å².